The highest BCUT2D eigenvalue weighted by molar-refractivity contribution is 5.49. The van der Waals surface area contributed by atoms with E-state index < -0.39 is 0 Å². The van der Waals surface area contributed by atoms with Crippen LogP contribution in [0, 0.1) is 11.8 Å². The summed E-state index contributed by atoms with van der Waals surface area (Å²) in [7, 11) is 5.48. The fraction of sp³-hybridized carbons (Fsp3) is 0.619. The van der Waals surface area contributed by atoms with Crippen LogP contribution in [-0.2, 0) is 5.41 Å². The number of ether oxygens (including phenoxy) is 2. The van der Waals surface area contributed by atoms with Gasteiger partial charge in [-0.05, 0) is 54.9 Å². The Bertz CT molecular complexity index is 655. The molecule has 2 aliphatic rings. The molecule has 0 bridgehead atoms. The van der Waals surface area contributed by atoms with Gasteiger partial charge in [-0.15, -0.1) is 0 Å². The van der Waals surface area contributed by atoms with Crippen molar-refractivity contribution in [1.29, 1.82) is 0 Å². The van der Waals surface area contributed by atoms with E-state index in [0.29, 0.717) is 11.8 Å². The minimum atomic E-state index is -0.355. The van der Waals surface area contributed by atoms with Crippen LogP contribution in [-0.4, -0.2) is 43.9 Å². The molecule has 4 nitrogen and oxygen atoms in total. The lowest BCUT2D eigenvalue weighted by Gasteiger charge is -2.42. The predicted octanol–water partition coefficient (Wildman–Crippen LogP) is 3.59. The van der Waals surface area contributed by atoms with Crippen LogP contribution in [0.4, 0.5) is 0 Å². The summed E-state index contributed by atoms with van der Waals surface area (Å²) in [5.41, 5.74) is 2.49. The minimum Gasteiger partial charge on any atom is -0.493 e. The second-order valence-electron chi connectivity index (χ2n) is 7.96. The number of aliphatic hydroxyl groups excluding tert-OH is 1. The Balaban J connectivity index is 2.06. The van der Waals surface area contributed by atoms with E-state index in [2.05, 4.69) is 44.0 Å². The van der Waals surface area contributed by atoms with Gasteiger partial charge >= 0.3 is 0 Å². The highest BCUT2D eigenvalue weighted by Gasteiger charge is 2.48. The van der Waals surface area contributed by atoms with E-state index in [0.717, 1.165) is 37.3 Å². The van der Waals surface area contributed by atoms with E-state index >= 15 is 0 Å². The fourth-order valence-corrected chi connectivity index (χ4v) is 4.70. The van der Waals surface area contributed by atoms with Gasteiger partial charge in [-0.3, -0.25) is 0 Å². The van der Waals surface area contributed by atoms with E-state index in [4.69, 9.17) is 9.47 Å². The molecule has 1 N–H and O–H groups in total. The maximum Gasteiger partial charge on any atom is 0.161 e. The normalized spacial score (nSPS) is 28.8. The summed E-state index contributed by atoms with van der Waals surface area (Å²) in [6.07, 6.45) is 4.85. The summed E-state index contributed by atoms with van der Waals surface area (Å²) in [5.74, 6) is 2.41. The summed E-state index contributed by atoms with van der Waals surface area (Å²) in [4.78, 5) is 2.30. The summed E-state index contributed by atoms with van der Waals surface area (Å²) >= 11 is 0. The number of hydrogen-bond acceptors (Lipinski definition) is 4. The molecule has 1 aromatic carbocycles. The third-order valence-electron chi connectivity index (χ3n) is 5.91. The van der Waals surface area contributed by atoms with Gasteiger partial charge < -0.3 is 19.5 Å². The van der Waals surface area contributed by atoms with Gasteiger partial charge in [0.15, 0.2) is 11.5 Å². The van der Waals surface area contributed by atoms with Crippen molar-refractivity contribution in [2.24, 2.45) is 11.8 Å². The Labute approximate surface area is 151 Å². The van der Waals surface area contributed by atoms with Crippen molar-refractivity contribution in [3.8, 4) is 11.5 Å². The van der Waals surface area contributed by atoms with Crippen molar-refractivity contribution in [3.05, 3.63) is 35.5 Å². The molecule has 0 amide bonds. The average Bonchev–Trinajstić information content (AvgIpc) is 2.91. The highest BCUT2D eigenvalue weighted by Crippen LogP contribution is 2.52. The van der Waals surface area contributed by atoms with Crippen LogP contribution >= 0.6 is 0 Å². The van der Waals surface area contributed by atoms with Crippen molar-refractivity contribution < 1.29 is 14.6 Å². The minimum absolute atomic E-state index is 0.0346. The van der Waals surface area contributed by atoms with Crippen molar-refractivity contribution in [2.75, 3.05) is 27.8 Å². The van der Waals surface area contributed by atoms with Crippen LogP contribution in [0.25, 0.3) is 0 Å². The third-order valence-corrected chi connectivity index (χ3v) is 5.91. The quantitative estimate of drug-likeness (QED) is 0.885. The van der Waals surface area contributed by atoms with Crippen LogP contribution in [0.5, 0.6) is 11.5 Å². The molecule has 3 rings (SSSR count). The summed E-state index contributed by atoms with van der Waals surface area (Å²) in [6.45, 7) is 5.48. The molecular weight excluding hydrogens is 314 g/mol. The van der Waals surface area contributed by atoms with Gasteiger partial charge in [0.05, 0.1) is 20.3 Å². The number of fused-ring (bicyclic) bond motifs is 1. The Morgan fingerprint density at radius 1 is 1.24 bits per heavy atom. The molecule has 0 radical (unpaired) electrons. The zero-order chi connectivity index (χ0) is 18.2. The molecule has 138 valence electrons. The zero-order valence-electron chi connectivity index (χ0n) is 16.1. The van der Waals surface area contributed by atoms with Gasteiger partial charge in [0, 0.05) is 24.7 Å². The number of likely N-dealkylation sites (tertiary alicyclic amines) is 1. The van der Waals surface area contributed by atoms with Gasteiger partial charge in [-0.2, -0.15) is 0 Å². The van der Waals surface area contributed by atoms with E-state index in [1.54, 1.807) is 14.2 Å². The lowest BCUT2D eigenvalue weighted by atomic mass is 9.65. The number of aliphatic hydroxyl groups is 1. The highest BCUT2D eigenvalue weighted by atomic mass is 16.5. The molecule has 1 heterocycles. The number of rotatable bonds is 5. The van der Waals surface area contributed by atoms with Crippen molar-refractivity contribution >= 4 is 0 Å². The monoisotopic (exact) mass is 345 g/mol. The maximum absolute atomic E-state index is 10.7. The molecule has 1 saturated heterocycles. The molecule has 25 heavy (non-hydrogen) atoms. The lowest BCUT2D eigenvalue weighted by molar-refractivity contribution is 0.100. The maximum atomic E-state index is 10.7. The smallest absolute Gasteiger partial charge is 0.161 e. The Morgan fingerprint density at radius 3 is 2.60 bits per heavy atom. The first kappa shape index (κ1) is 18.1. The largest absolute Gasteiger partial charge is 0.493 e. The van der Waals surface area contributed by atoms with E-state index in [-0.39, 0.29) is 11.5 Å². The van der Waals surface area contributed by atoms with Crippen molar-refractivity contribution in [3.63, 3.8) is 0 Å². The van der Waals surface area contributed by atoms with Crippen molar-refractivity contribution in [1.82, 2.24) is 4.90 Å². The Morgan fingerprint density at radius 2 is 1.96 bits per heavy atom. The first-order valence-electron chi connectivity index (χ1n) is 9.25. The van der Waals surface area contributed by atoms with Gasteiger partial charge in [0.25, 0.3) is 0 Å². The Kier molecular flexibility index (Phi) is 5.01. The molecule has 0 spiro atoms. The summed E-state index contributed by atoms with van der Waals surface area (Å²) in [5, 5.41) is 10.7. The molecule has 0 saturated carbocycles. The van der Waals surface area contributed by atoms with E-state index in [9.17, 15) is 5.11 Å². The van der Waals surface area contributed by atoms with E-state index in [1.807, 2.05) is 6.07 Å². The fourth-order valence-electron chi connectivity index (χ4n) is 4.70. The van der Waals surface area contributed by atoms with Crippen molar-refractivity contribution in [2.45, 2.75) is 44.6 Å². The molecule has 0 aromatic heterocycles. The molecule has 1 aromatic rings. The van der Waals surface area contributed by atoms with Gasteiger partial charge in [-0.1, -0.05) is 19.9 Å². The molecule has 1 aliphatic heterocycles. The molecule has 1 fully saturated rings. The lowest BCUT2D eigenvalue weighted by Crippen LogP contribution is -2.39. The first-order valence-corrected chi connectivity index (χ1v) is 9.25. The number of benzene rings is 1. The van der Waals surface area contributed by atoms with Crippen LogP contribution in [0.15, 0.2) is 30.0 Å². The number of hydrogen-bond donors (Lipinski definition) is 1. The predicted molar refractivity (Wildman–Crippen MR) is 100 cm³/mol. The van der Waals surface area contributed by atoms with Crippen LogP contribution in [0.1, 0.15) is 38.7 Å². The van der Waals surface area contributed by atoms with Gasteiger partial charge in [0.1, 0.15) is 0 Å². The van der Waals surface area contributed by atoms with Crippen LogP contribution in [0.2, 0.25) is 0 Å². The zero-order valence-corrected chi connectivity index (χ0v) is 16.1. The molecule has 0 unspecified atom stereocenters. The second kappa shape index (κ2) is 6.91. The summed E-state index contributed by atoms with van der Waals surface area (Å²) < 4.78 is 11.0. The topological polar surface area (TPSA) is 41.9 Å². The summed E-state index contributed by atoms with van der Waals surface area (Å²) in [6, 6.07) is 6.29. The van der Waals surface area contributed by atoms with Crippen LogP contribution < -0.4 is 9.47 Å². The second-order valence-corrected chi connectivity index (χ2v) is 7.96. The molecule has 3 atom stereocenters. The SMILES string of the molecule is COc1ccc([C@]23CCN(C)C2=C[C@H](O)[C@H](CC(C)C)C3)cc1OC. The molecule has 4 heteroatoms. The number of methoxy groups -OCH3 is 2. The average molecular weight is 345 g/mol. The third kappa shape index (κ3) is 3.12. The molecular formula is C21H31NO3. The van der Waals surface area contributed by atoms with Gasteiger partial charge in [0.2, 0.25) is 0 Å². The van der Waals surface area contributed by atoms with E-state index in [1.165, 1.54) is 11.3 Å². The standard InChI is InChI=1S/C21H31NO3/c1-14(2)10-15-13-21(8-9-22(3)20(21)12-17(15)23)16-6-7-18(24-4)19(11-16)25-5/h6-7,11-12,14-15,17,23H,8-10,13H2,1-5H3/t15-,17+,21-/m1/s1. The number of nitrogens with zero attached hydrogens (tertiary/aromatic N) is 1. The Hall–Kier alpha value is -1.68. The number of likely N-dealkylation sites (N-methyl/N-ethyl adjacent to an activating group) is 1. The van der Waals surface area contributed by atoms with Gasteiger partial charge in [-0.25, -0.2) is 0 Å². The number of allylic oxidation sites excluding steroid dienone is 1. The first-order chi connectivity index (χ1) is 11.9. The molecule has 1 aliphatic carbocycles. The van der Waals surface area contributed by atoms with Crippen LogP contribution in [0.3, 0.4) is 0 Å².